The van der Waals surface area contributed by atoms with Crippen molar-refractivity contribution in [3.05, 3.63) is 36.2 Å². The highest BCUT2D eigenvalue weighted by atomic mass is 35.5. The van der Waals surface area contributed by atoms with Crippen molar-refractivity contribution in [2.75, 3.05) is 20.2 Å². The van der Waals surface area contributed by atoms with Gasteiger partial charge in [-0.05, 0) is 25.0 Å². The van der Waals surface area contributed by atoms with Gasteiger partial charge in [0.25, 0.3) is 0 Å². The third kappa shape index (κ3) is 3.62. The maximum absolute atomic E-state index is 13.0. The standard InChI is InChI=1S/C16H19N3O4S.ClH/c1-23-16(20)15-13-3-2-4-14(12(13)5-8-18-15)24(21,22)19-9-6-11(17)7-10-19;/h2-5,8,11H,6-7,9-10,17H2,1H3;1H. The van der Waals surface area contributed by atoms with Crippen LogP contribution in [0.5, 0.6) is 0 Å². The van der Waals surface area contributed by atoms with Gasteiger partial charge < -0.3 is 10.5 Å². The number of hydrogen-bond donors (Lipinski definition) is 1. The largest absolute Gasteiger partial charge is 0.464 e. The van der Waals surface area contributed by atoms with E-state index in [1.807, 2.05) is 0 Å². The van der Waals surface area contributed by atoms with E-state index in [2.05, 4.69) is 4.98 Å². The molecule has 0 amide bonds. The molecule has 0 unspecified atom stereocenters. The SMILES string of the molecule is COC(=O)c1nccc2c(S(=O)(=O)N3CCC(N)CC3)cccc12.Cl. The van der Waals surface area contributed by atoms with E-state index in [9.17, 15) is 13.2 Å². The Kier molecular flexibility index (Phi) is 5.99. The number of piperidine rings is 1. The van der Waals surface area contributed by atoms with E-state index in [1.54, 1.807) is 24.3 Å². The number of carbonyl (C=O) groups is 1. The number of pyridine rings is 1. The van der Waals surface area contributed by atoms with E-state index in [-0.39, 0.29) is 29.0 Å². The summed E-state index contributed by atoms with van der Waals surface area (Å²) in [7, 11) is -2.40. The highest BCUT2D eigenvalue weighted by Gasteiger charge is 2.30. The number of halogens is 1. The third-order valence-corrected chi connectivity index (χ3v) is 6.22. The number of hydrogen-bond acceptors (Lipinski definition) is 6. The monoisotopic (exact) mass is 385 g/mol. The molecule has 2 aromatic rings. The molecule has 0 radical (unpaired) electrons. The third-order valence-electron chi connectivity index (χ3n) is 4.26. The molecular formula is C16H20ClN3O4S. The highest BCUT2D eigenvalue weighted by Crippen LogP contribution is 2.28. The van der Waals surface area contributed by atoms with Crippen LogP contribution in [0.15, 0.2) is 35.4 Å². The number of aromatic nitrogens is 1. The summed E-state index contributed by atoms with van der Waals surface area (Å²) >= 11 is 0. The molecule has 2 N–H and O–H groups in total. The van der Waals surface area contributed by atoms with Crippen molar-refractivity contribution in [2.45, 2.75) is 23.8 Å². The molecule has 0 bridgehead atoms. The van der Waals surface area contributed by atoms with Gasteiger partial charge in [-0.1, -0.05) is 12.1 Å². The molecule has 1 saturated heterocycles. The van der Waals surface area contributed by atoms with E-state index < -0.39 is 16.0 Å². The Hall–Kier alpha value is -1.74. The van der Waals surface area contributed by atoms with Crippen molar-refractivity contribution in [1.29, 1.82) is 0 Å². The zero-order chi connectivity index (χ0) is 17.3. The molecule has 0 aliphatic carbocycles. The number of nitrogens with two attached hydrogens (primary N) is 1. The smallest absolute Gasteiger partial charge is 0.357 e. The van der Waals surface area contributed by atoms with Crippen LogP contribution >= 0.6 is 12.4 Å². The Morgan fingerprint density at radius 3 is 2.56 bits per heavy atom. The average Bonchev–Trinajstić information content (AvgIpc) is 2.60. The summed E-state index contributed by atoms with van der Waals surface area (Å²) in [5.41, 5.74) is 5.96. The van der Waals surface area contributed by atoms with Crippen LogP contribution in [0.1, 0.15) is 23.3 Å². The molecule has 0 spiro atoms. The number of rotatable bonds is 3. The summed E-state index contributed by atoms with van der Waals surface area (Å²) in [6.07, 6.45) is 2.69. The number of esters is 1. The lowest BCUT2D eigenvalue weighted by atomic mass is 10.1. The molecule has 2 heterocycles. The molecule has 9 heteroatoms. The summed E-state index contributed by atoms with van der Waals surface area (Å²) in [6, 6.07) is 6.47. The van der Waals surface area contributed by atoms with Gasteiger partial charge in [0.15, 0.2) is 5.69 Å². The number of sulfonamides is 1. The van der Waals surface area contributed by atoms with Crippen LogP contribution in [-0.2, 0) is 14.8 Å². The molecule has 1 aromatic heterocycles. The van der Waals surface area contributed by atoms with Crippen LogP contribution in [0, 0.1) is 0 Å². The molecular weight excluding hydrogens is 366 g/mol. The summed E-state index contributed by atoms with van der Waals surface area (Å²) in [6.45, 7) is 0.795. The Balaban J connectivity index is 0.00000225. The van der Waals surface area contributed by atoms with E-state index >= 15 is 0 Å². The van der Waals surface area contributed by atoms with E-state index in [0.717, 1.165) is 0 Å². The van der Waals surface area contributed by atoms with Crippen molar-refractivity contribution in [1.82, 2.24) is 9.29 Å². The average molecular weight is 386 g/mol. The lowest BCUT2D eigenvalue weighted by Gasteiger charge is -2.29. The molecule has 1 aliphatic rings. The molecule has 0 atom stereocenters. The zero-order valence-electron chi connectivity index (χ0n) is 13.7. The van der Waals surface area contributed by atoms with Crippen molar-refractivity contribution in [3.63, 3.8) is 0 Å². The van der Waals surface area contributed by atoms with Crippen LogP contribution in [-0.4, -0.2) is 49.9 Å². The van der Waals surface area contributed by atoms with Crippen molar-refractivity contribution >= 4 is 39.2 Å². The fourth-order valence-electron chi connectivity index (χ4n) is 2.92. The first-order valence-corrected chi connectivity index (χ1v) is 9.11. The number of methoxy groups -OCH3 is 1. The van der Waals surface area contributed by atoms with Gasteiger partial charge in [0.1, 0.15) is 0 Å². The van der Waals surface area contributed by atoms with Gasteiger partial charge in [0, 0.05) is 36.1 Å². The Labute approximate surface area is 152 Å². The Morgan fingerprint density at radius 2 is 1.92 bits per heavy atom. The van der Waals surface area contributed by atoms with Crippen LogP contribution < -0.4 is 5.73 Å². The van der Waals surface area contributed by atoms with Gasteiger partial charge in [0.2, 0.25) is 10.0 Å². The maximum atomic E-state index is 13.0. The van der Waals surface area contributed by atoms with Crippen LogP contribution in [0.3, 0.4) is 0 Å². The summed E-state index contributed by atoms with van der Waals surface area (Å²) in [4.78, 5) is 16.1. The summed E-state index contributed by atoms with van der Waals surface area (Å²) < 4.78 is 32.2. The van der Waals surface area contributed by atoms with Crippen molar-refractivity contribution in [3.8, 4) is 0 Å². The van der Waals surface area contributed by atoms with Gasteiger partial charge in [-0.25, -0.2) is 18.2 Å². The second kappa shape index (κ2) is 7.65. The normalized spacial score (nSPS) is 16.4. The molecule has 1 aliphatic heterocycles. The number of nitrogens with zero attached hydrogens (tertiary/aromatic N) is 2. The topological polar surface area (TPSA) is 103 Å². The van der Waals surface area contributed by atoms with Crippen LogP contribution in [0.4, 0.5) is 0 Å². The van der Waals surface area contributed by atoms with Crippen molar-refractivity contribution in [2.24, 2.45) is 5.73 Å². The predicted molar refractivity (Wildman–Crippen MR) is 96.3 cm³/mol. The minimum absolute atomic E-state index is 0. The molecule has 1 fully saturated rings. The fraction of sp³-hybridized carbons (Fsp3) is 0.375. The Morgan fingerprint density at radius 1 is 1.24 bits per heavy atom. The molecule has 1 aromatic carbocycles. The number of fused-ring (bicyclic) bond motifs is 1. The first-order chi connectivity index (χ1) is 11.4. The number of ether oxygens (including phenoxy) is 1. The zero-order valence-corrected chi connectivity index (χ0v) is 15.3. The Bertz CT molecular complexity index is 880. The second-order valence-electron chi connectivity index (χ2n) is 5.74. The van der Waals surface area contributed by atoms with Gasteiger partial charge >= 0.3 is 5.97 Å². The number of carbonyl (C=O) groups excluding carboxylic acids is 1. The van der Waals surface area contributed by atoms with Gasteiger partial charge in [-0.3, -0.25) is 0 Å². The van der Waals surface area contributed by atoms with Gasteiger partial charge in [-0.2, -0.15) is 4.31 Å². The van der Waals surface area contributed by atoms with E-state index in [1.165, 1.54) is 17.6 Å². The summed E-state index contributed by atoms with van der Waals surface area (Å²) in [5.74, 6) is -0.598. The van der Waals surface area contributed by atoms with Crippen LogP contribution in [0.2, 0.25) is 0 Å². The number of benzene rings is 1. The molecule has 25 heavy (non-hydrogen) atoms. The van der Waals surface area contributed by atoms with Gasteiger partial charge in [-0.15, -0.1) is 12.4 Å². The minimum atomic E-state index is -3.66. The van der Waals surface area contributed by atoms with E-state index in [0.29, 0.717) is 36.7 Å². The first-order valence-electron chi connectivity index (χ1n) is 7.67. The van der Waals surface area contributed by atoms with Crippen molar-refractivity contribution < 1.29 is 17.9 Å². The fourth-order valence-corrected chi connectivity index (χ4v) is 4.59. The summed E-state index contributed by atoms with van der Waals surface area (Å²) in [5, 5.41) is 0.918. The lowest BCUT2D eigenvalue weighted by molar-refractivity contribution is 0.0596. The maximum Gasteiger partial charge on any atom is 0.357 e. The molecule has 136 valence electrons. The minimum Gasteiger partial charge on any atom is -0.464 e. The van der Waals surface area contributed by atoms with Crippen LogP contribution in [0.25, 0.3) is 10.8 Å². The van der Waals surface area contributed by atoms with E-state index in [4.69, 9.17) is 10.5 Å². The predicted octanol–water partition coefficient (Wildman–Crippen LogP) is 1.55. The molecule has 3 rings (SSSR count). The molecule has 7 nitrogen and oxygen atoms in total. The first kappa shape index (κ1) is 19.6. The quantitative estimate of drug-likeness (QED) is 0.804. The second-order valence-corrected chi connectivity index (χ2v) is 7.65. The highest BCUT2D eigenvalue weighted by molar-refractivity contribution is 7.89. The molecule has 0 saturated carbocycles. The lowest BCUT2D eigenvalue weighted by Crippen LogP contribution is -2.42. The van der Waals surface area contributed by atoms with Gasteiger partial charge in [0.05, 0.1) is 12.0 Å².